The van der Waals surface area contributed by atoms with Gasteiger partial charge in [-0.15, -0.1) is 0 Å². The van der Waals surface area contributed by atoms with Crippen molar-refractivity contribution in [2.45, 2.75) is 33.0 Å². The van der Waals surface area contributed by atoms with Crippen molar-refractivity contribution >= 4 is 33.5 Å². The molecule has 0 heterocycles. The molecule has 0 saturated carbocycles. The highest BCUT2D eigenvalue weighted by Gasteiger charge is 2.23. The van der Waals surface area contributed by atoms with Crippen molar-refractivity contribution in [1.82, 2.24) is 0 Å². The molecule has 5 aromatic carbocycles. The molecule has 0 fully saturated rings. The lowest BCUT2D eigenvalue weighted by Gasteiger charge is -2.23. The number of fused-ring (bicyclic) bond motifs is 2. The first-order chi connectivity index (χ1) is 23.7. The molecule has 49 heavy (non-hydrogen) atoms. The third-order valence-electron chi connectivity index (χ3n) is 7.51. The fourth-order valence-electron chi connectivity index (χ4n) is 5.02. The van der Waals surface area contributed by atoms with Gasteiger partial charge in [-0.05, 0) is 51.1 Å². The predicted octanol–water partition coefficient (Wildman–Crippen LogP) is 8.19. The second-order valence-electron chi connectivity index (χ2n) is 11.7. The molecule has 0 amide bonds. The molecular weight excluding hydrogens is 620 g/mol. The molecule has 0 saturated heterocycles. The van der Waals surface area contributed by atoms with E-state index in [4.69, 9.17) is 28.4 Å². The van der Waals surface area contributed by atoms with E-state index in [1.165, 1.54) is 0 Å². The first-order valence-corrected chi connectivity index (χ1v) is 16.0. The van der Waals surface area contributed by atoms with Gasteiger partial charge in [0.25, 0.3) is 0 Å². The molecule has 8 nitrogen and oxygen atoms in total. The second kappa shape index (κ2) is 16.4. The zero-order valence-corrected chi connectivity index (χ0v) is 28.0. The van der Waals surface area contributed by atoms with Crippen LogP contribution in [-0.2, 0) is 19.1 Å². The normalized spacial score (nSPS) is 12.1. The molecule has 2 atom stereocenters. The number of rotatable bonds is 16. The summed E-state index contributed by atoms with van der Waals surface area (Å²) in [5, 5.41) is 3.18. The van der Waals surface area contributed by atoms with Crippen molar-refractivity contribution in [3.8, 4) is 23.0 Å². The summed E-state index contributed by atoms with van der Waals surface area (Å²) in [5.41, 5.74) is 1.57. The standard InChI is InChI=1S/C41H40O8/c1-27(2)40(42)48-32(23-44-30-14-8-6-9-15-30)25-46-38-34-18-12-13-19-35(34)39(37-22-29(5)20-21-36(37)38)47-26-33(49-41(43)28(3)4)24-45-31-16-10-7-11-17-31/h6-22,32-33H,1,3,23-26H2,2,4-5H3. The third kappa shape index (κ3) is 9.20. The highest BCUT2D eigenvalue weighted by molar-refractivity contribution is 6.11. The van der Waals surface area contributed by atoms with Gasteiger partial charge < -0.3 is 28.4 Å². The first kappa shape index (κ1) is 34.6. The number of carbonyl (C=O) groups is 2. The number of ether oxygens (including phenoxy) is 6. The van der Waals surface area contributed by atoms with Gasteiger partial charge in [-0.2, -0.15) is 0 Å². The van der Waals surface area contributed by atoms with E-state index in [2.05, 4.69) is 13.2 Å². The van der Waals surface area contributed by atoms with Crippen LogP contribution in [0.15, 0.2) is 127 Å². The first-order valence-electron chi connectivity index (χ1n) is 16.0. The monoisotopic (exact) mass is 660 g/mol. The molecule has 5 aromatic rings. The number of esters is 2. The van der Waals surface area contributed by atoms with Crippen LogP contribution in [0.25, 0.3) is 21.5 Å². The summed E-state index contributed by atoms with van der Waals surface area (Å²) < 4.78 is 36.3. The van der Waals surface area contributed by atoms with E-state index in [0.717, 1.165) is 27.1 Å². The largest absolute Gasteiger partial charge is 0.490 e. The van der Waals surface area contributed by atoms with Crippen LogP contribution in [0, 0.1) is 6.92 Å². The van der Waals surface area contributed by atoms with Gasteiger partial charge in [-0.1, -0.05) is 91.5 Å². The SMILES string of the molecule is C=C(C)C(=O)OC(COc1ccccc1)COc1c2ccccc2c(OCC(COc2ccccc2)OC(=O)C(=C)C)c2cc(C)ccc12. The molecule has 8 heteroatoms. The third-order valence-corrected chi connectivity index (χ3v) is 7.51. The van der Waals surface area contributed by atoms with Crippen LogP contribution in [0.1, 0.15) is 19.4 Å². The van der Waals surface area contributed by atoms with Crippen LogP contribution >= 0.6 is 0 Å². The summed E-state index contributed by atoms with van der Waals surface area (Å²) >= 11 is 0. The average molecular weight is 661 g/mol. The van der Waals surface area contributed by atoms with Crippen LogP contribution in [0.2, 0.25) is 0 Å². The molecule has 0 bridgehead atoms. The molecule has 5 rings (SSSR count). The Morgan fingerprint density at radius 1 is 0.531 bits per heavy atom. The molecule has 0 aliphatic heterocycles. The van der Waals surface area contributed by atoms with Gasteiger partial charge in [0.05, 0.1) is 0 Å². The van der Waals surface area contributed by atoms with E-state index in [1.807, 2.05) is 110 Å². The number of carbonyl (C=O) groups excluding carboxylic acids is 2. The minimum atomic E-state index is -0.729. The number of aryl methyl sites for hydroxylation is 1. The highest BCUT2D eigenvalue weighted by Crippen LogP contribution is 2.43. The summed E-state index contributed by atoms with van der Waals surface area (Å²) in [5.74, 6) is 1.44. The van der Waals surface area contributed by atoms with Gasteiger partial charge in [-0.25, -0.2) is 9.59 Å². The number of benzene rings is 5. The van der Waals surface area contributed by atoms with Crippen molar-refractivity contribution < 1.29 is 38.0 Å². The Balaban J connectivity index is 1.45. The van der Waals surface area contributed by atoms with Crippen molar-refractivity contribution in [2.24, 2.45) is 0 Å². The van der Waals surface area contributed by atoms with E-state index < -0.39 is 24.1 Å². The van der Waals surface area contributed by atoms with Crippen molar-refractivity contribution in [1.29, 1.82) is 0 Å². The van der Waals surface area contributed by atoms with Crippen LogP contribution in [0.4, 0.5) is 0 Å². The zero-order valence-electron chi connectivity index (χ0n) is 28.0. The Kier molecular flexibility index (Phi) is 11.6. The van der Waals surface area contributed by atoms with Crippen molar-refractivity contribution in [2.75, 3.05) is 26.4 Å². The molecule has 0 aliphatic carbocycles. The Hall–Kier alpha value is -5.76. The van der Waals surface area contributed by atoms with E-state index in [0.29, 0.717) is 23.0 Å². The zero-order chi connectivity index (χ0) is 34.8. The molecule has 0 aromatic heterocycles. The van der Waals surface area contributed by atoms with E-state index in [9.17, 15) is 9.59 Å². The maximum atomic E-state index is 12.6. The fraction of sp³-hybridized carbons (Fsp3) is 0.220. The lowest BCUT2D eigenvalue weighted by Crippen LogP contribution is -2.31. The van der Waals surface area contributed by atoms with Gasteiger partial charge in [0.1, 0.15) is 49.4 Å². The van der Waals surface area contributed by atoms with Crippen LogP contribution in [-0.4, -0.2) is 50.6 Å². The summed E-state index contributed by atoms with van der Waals surface area (Å²) in [6, 6.07) is 32.3. The second-order valence-corrected chi connectivity index (χ2v) is 11.7. The van der Waals surface area contributed by atoms with Crippen molar-refractivity contribution in [3.63, 3.8) is 0 Å². The van der Waals surface area contributed by atoms with Gasteiger partial charge in [0, 0.05) is 32.7 Å². The molecule has 2 unspecified atom stereocenters. The smallest absolute Gasteiger partial charge is 0.333 e. The van der Waals surface area contributed by atoms with Gasteiger partial charge in [0.15, 0.2) is 12.2 Å². The van der Waals surface area contributed by atoms with Crippen LogP contribution in [0.5, 0.6) is 23.0 Å². The van der Waals surface area contributed by atoms with Gasteiger partial charge >= 0.3 is 11.9 Å². The average Bonchev–Trinajstić information content (AvgIpc) is 3.11. The van der Waals surface area contributed by atoms with E-state index in [1.54, 1.807) is 13.8 Å². The number of hydrogen-bond donors (Lipinski definition) is 0. The molecular formula is C41H40O8. The Morgan fingerprint density at radius 3 is 1.37 bits per heavy atom. The molecule has 0 radical (unpaired) electrons. The Bertz CT molecular complexity index is 1930. The quantitative estimate of drug-likeness (QED) is 0.0595. The van der Waals surface area contributed by atoms with Crippen LogP contribution in [0.3, 0.4) is 0 Å². The lowest BCUT2D eigenvalue weighted by molar-refractivity contribution is -0.148. The summed E-state index contributed by atoms with van der Waals surface area (Å²) in [6.07, 6.45) is -1.46. The lowest BCUT2D eigenvalue weighted by atomic mass is 9.99. The Morgan fingerprint density at radius 2 is 0.918 bits per heavy atom. The Labute approximate surface area is 286 Å². The topological polar surface area (TPSA) is 89.5 Å². The van der Waals surface area contributed by atoms with Gasteiger partial charge in [-0.3, -0.25) is 0 Å². The maximum Gasteiger partial charge on any atom is 0.333 e. The summed E-state index contributed by atoms with van der Waals surface area (Å²) in [7, 11) is 0. The number of hydrogen-bond acceptors (Lipinski definition) is 8. The summed E-state index contributed by atoms with van der Waals surface area (Å²) in [6.45, 7) is 12.8. The van der Waals surface area contributed by atoms with E-state index in [-0.39, 0.29) is 37.6 Å². The van der Waals surface area contributed by atoms with Crippen molar-refractivity contribution in [3.05, 3.63) is 133 Å². The maximum absolute atomic E-state index is 12.6. The minimum Gasteiger partial charge on any atom is -0.490 e. The molecule has 0 spiro atoms. The van der Waals surface area contributed by atoms with Crippen LogP contribution < -0.4 is 18.9 Å². The molecule has 252 valence electrons. The number of para-hydroxylation sites is 2. The summed E-state index contributed by atoms with van der Waals surface area (Å²) in [4.78, 5) is 25.1. The minimum absolute atomic E-state index is 0.0226. The van der Waals surface area contributed by atoms with Gasteiger partial charge in [0.2, 0.25) is 0 Å². The molecule has 0 aliphatic rings. The van der Waals surface area contributed by atoms with E-state index >= 15 is 0 Å². The predicted molar refractivity (Wildman–Crippen MR) is 190 cm³/mol. The molecule has 0 N–H and O–H groups in total. The highest BCUT2D eigenvalue weighted by atomic mass is 16.6. The fourth-order valence-corrected chi connectivity index (χ4v) is 5.02.